The van der Waals surface area contributed by atoms with Crippen LogP contribution in [-0.2, 0) is 46.5 Å². The zero-order valence-corrected chi connectivity index (χ0v) is 24.6. The van der Waals surface area contributed by atoms with E-state index in [1.54, 1.807) is 0 Å². The highest BCUT2D eigenvalue weighted by Crippen LogP contribution is 2.29. The van der Waals surface area contributed by atoms with Gasteiger partial charge >= 0.3 is 5.97 Å². The van der Waals surface area contributed by atoms with Gasteiger partial charge in [-0.05, 0) is 25.3 Å². The molecule has 13 nitrogen and oxygen atoms in total. The predicted molar refractivity (Wildman–Crippen MR) is 158 cm³/mol. The highest BCUT2D eigenvalue weighted by Gasteiger charge is 2.32. The smallest absolute Gasteiger partial charge is 0.335 e. The first-order valence-corrected chi connectivity index (χ1v) is 14.9. The van der Waals surface area contributed by atoms with Crippen LogP contribution in [0.2, 0.25) is 0 Å². The number of aromatic nitrogens is 3. The summed E-state index contributed by atoms with van der Waals surface area (Å²) in [5.41, 5.74) is 8.90. The maximum absolute atomic E-state index is 12.2. The first-order valence-electron chi connectivity index (χ1n) is 14.9. The van der Waals surface area contributed by atoms with Gasteiger partial charge in [-0.1, -0.05) is 31.5 Å². The summed E-state index contributed by atoms with van der Waals surface area (Å²) in [6.45, 7) is 4.31. The fourth-order valence-electron chi connectivity index (χ4n) is 4.83. The minimum Gasteiger partial charge on any atom is -0.382 e. The largest absolute Gasteiger partial charge is 0.382 e. The van der Waals surface area contributed by atoms with Crippen LogP contribution in [0.4, 0.5) is 5.82 Å². The van der Waals surface area contributed by atoms with Gasteiger partial charge in [0.1, 0.15) is 11.3 Å². The number of hydrogen-bond donors (Lipinski definition) is 2. The molecule has 0 spiro atoms. The van der Waals surface area contributed by atoms with E-state index in [2.05, 4.69) is 27.9 Å². The molecule has 1 fully saturated rings. The molecule has 232 valence electrons. The van der Waals surface area contributed by atoms with E-state index in [9.17, 15) is 19.2 Å². The van der Waals surface area contributed by atoms with Gasteiger partial charge in [0, 0.05) is 44.2 Å². The summed E-state index contributed by atoms with van der Waals surface area (Å²) >= 11 is 0. The summed E-state index contributed by atoms with van der Waals surface area (Å²) in [6.07, 6.45) is 4.90. The lowest BCUT2D eigenvalue weighted by Gasteiger charge is -2.12. The standard InChI is InChI=1S/C30H40N6O7/c1-2-3-10-23-34-28-29(21-8-4-5-9-22(21)33-30(28)31)35(23)16-7-6-15-32-24(37)13-17-41-19-20-42-18-14-27(40)43-36-25(38)11-12-26(36)39/h4-5,8-9H,2-3,6-7,10-20H2,1H3,(H2,31,33)(H,32,37). The number of imidazole rings is 1. The van der Waals surface area contributed by atoms with Crippen molar-refractivity contribution in [1.82, 2.24) is 24.9 Å². The molecule has 1 aromatic carbocycles. The lowest BCUT2D eigenvalue weighted by Crippen LogP contribution is -2.32. The van der Waals surface area contributed by atoms with Crippen LogP contribution in [0.5, 0.6) is 0 Å². The van der Waals surface area contributed by atoms with E-state index in [1.165, 1.54) is 0 Å². The van der Waals surface area contributed by atoms with Crippen LogP contribution in [0.25, 0.3) is 21.9 Å². The second-order valence-electron chi connectivity index (χ2n) is 10.3. The van der Waals surface area contributed by atoms with Crippen molar-refractivity contribution in [2.75, 3.05) is 38.7 Å². The molecule has 13 heteroatoms. The number of nitrogens with zero attached hydrogens (tertiary/aromatic N) is 4. The van der Waals surface area contributed by atoms with Crippen LogP contribution in [0, 0.1) is 0 Å². The number of nitrogen functional groups attached to an aromatic ring is 1. The first kappa shape index (κ1) is 31.8. The minimum atomic E-state index is -0.716. The van der Waals surface area contributed by atoms with Crippen molar-refractivity contribution in [3.63, 3.8) is 0 Å². The molecule has 3 amide bonds. The number of pyridine rings is 1. The fraction of sp³-hybridized carbons (Fsp3) is 0.533. The van der Waals surface area contributed by atoms with Crippen molar-refractivity contribution < 1.29 is 33.5 Å². The van der Waals surface area contributed by atoms with E-state index in [-0.39, 0.29) is 58.0 Å². The van der Waals surface area contributed by atoms with Crippen molar-refractivity contribution >= 4 is 51.4 Å². The van der Waals surface area contributed by atoms with Crippen molar-refractivity contribution in [3.05, 3.63) is 30.1 Å². The molecule has 3 N–H and O–H groups in total. The number of ether oxygens (including phenoxy) is 2. The molecule has 4 rings (SSSR count). The van der Waals surface area contributed by atoms with Crippen molar-refractivity contribution in [3.8, 4) is 0 Å². The van der Waals surface area contributed by atoms with Crippen LogP contribution >= 0.6 is 0 Å². The van der Waals surface area contributed by atoms with Gasteiger partial charge in [0.15, 0.2) is 5.82 Å². The SMILES string of the molecule is CCCCc1nc2c(N)nc3ccccc3c2n1CCCCNC(=O)CCOCCOCCC(=O)ON1C(=O)CCC1=O. The average molecular weight is 597 g/mol. The zero-order valence-electron chi connectivity index (χ0n) is 24.6. The van der Waals surface area contributed by atoms with Gasteiger partial charge in [0.05, 0.1) is 43.9 Å². The molecular weight excluding hydrogens is 556 g/mol. The Balaban J connectivity index is 1.10. The van der Waals surface area contributed by atoms with E-state index < -0.39 is 17.8 Å². The second-order valence-corrected chi connectivity index (χ2v) is 10.3. The highest BCUT2D eigenvalue weighted by molar-refractivity contribution is 6.06. The van der Waals surface area contributed by atoms with Gasteiger partial charge in [-0.3, -0.25) is 14.4 Å². The number of benzene rings is 1. The Bertz CT molecular complexity index is 1420. The molecule has 2 aromatic heterocycles. The van der Waals surface area contributed by atoms with Crippen LogP contribution in [0.3, 0.4) is 0 Å². The van der Waals surface area contributed by atoms with Crippen molar-refractivity contribution in [2.45, 2.75) is 71.3 Å². The van der Waals surface area contributed by atoms with E-state index >= 15 is 0 Å². The molecule has 0 aliphatic carbocycles. The average Bonchev–Trinajstić information content (AvgIpc) is 3.52. The van der Waals surface area contributed by atoms with Crippen molar-refractivity contribution in [1.29, 1.82) is 0 Å². The quantitative estimate of drug-likeness (QED) is 0.165. The number of para-hydroxylation sites is 1. The third kappa shape index (κ3) is 8.71. The van der Waals surface area contributed by atoms with E-state index in [1.807, 2.05) is 18.2 Å². The number of carbonyl (C=O) groups is 4. The number of hydrogen-bond acceptors (Lipinski definition) is 10. The van der Waals surface area contributed by atoms with Gasteiger partial charge in [-0.25, -0.2) is 14.8 Å². The van der Waals surface area contributed by atoms with Crippen LogP contribution in [-0.4, -0.2) is 76.3 Å². The minimum absolute atomic E-state index is 0.0498. The number of hydroxylamine groups is 2. The third-order valence-corrected chi connectivity index (χ3v) is 7.07. The maximum atomic E-state index is 12.2. The third-order valence-electron chi connectivity index (χ3n) is 7.07. The molecule has 0 radical (unpaired) electrons. The number of amides is 3. The lowest BCUT2D eigenvalue weighted by atomic mass is 10.2. The first-order chi connectivity index (χ1) is 20.9. The van der Waals surface area contributed by atoms with Crippen LogP contribution in [0.15, 0.2) is 24.3 Å². The molecule has 0 bridgehead atoms. The molecule has 3 aromatic rings. The summed E-state index contributed by atoms with van der Waals surface area (Å²) in [5.74, 6) is -0.380. The Morgan fingerprint density at radius 1 is 0.953 bits per heavy atom. The summed E-state index contributed by atoms with van der Waals surface area (Å²) < 4.78 is 13.0. The maximum Gasteiger partial charge on any atom is 0.335 e. The number of imide groups is 1. The molecular formula is C30H40N6O7. The normalized spacial score (nSPS) is 13.4. The van der Waals surface area contributed by atoms with Crippen LogP contribution in [0.1, 0.15) is 64.1 Å². The Morgan fingerprint density at radius 3 is 2.42 bits per heavy atom. The topological polar surface area (TPSA) is 168 Å². The number of carbonyl (C=O) groups excluding carboxylic acids is 4. The number of fused-ring (bicyclic) bond motifs is 3. The Morgan fingerprint density at radius 2 is 1.67 bits per heavy atom. The molecule has 0 atom stereocenters. The molecule has 0 saturated carbocycles. The Kier molecular flexibility index (Phi) is 11.8. The Hall–Kier alpha value is -4.10. The van der Waals surface area contributed by atoms with Gasteiger partial charge in [-0.15, -0.1) is 5.06 Å². The summed E-state index contributed by atoms with van der Waals surface area (Å²) in [6, 6.07) is 7.97. The van der Waals surface area contributed by atoms with Gasteiger partial charge < -0.3 is 29.9 Å². The van der Waals surface area contributed by atoms with E-state index in [4.69, 9.17) is 25.0 Å². The molecule has 0 unspecified atom stereocenters. The number of unbranched alkanes of at least 4 members (excludes halogenated alkanes) is 2. The summed E-state index contributed by atoms with van der Waals surface area (Å²) in [4.78, 5) is 61.0. The number of nitrogens with one attached hydrogen (secondary N) is 1. The van der Waals surface area contributed by atoms with Gasteiger partial charge in [0.2, 0.25) is 5.91 Å². The van der Waals surface area contributed by atoms with Crippen LogP contribution < -0.4 is 11.1 Å². The fourth-order valence-corrected chi connectivity index (χ4v) is 4.83. The van der Waals surface area contributed by atoms with Gasteiger partial charge in [0.25, 0.3) is 11.8 Å². The summed E-state index contributed by atoms with van der Waals surface area (Å²) in [5, 5.41) is 4.49. The Labute approximate surface area is 250 Å². The second kappa shape index (κ2) is 15.9. The van der Waals surface area contributed by atoms with E-state index in [0.29, 0.717) is 17.4 Å². The number of aryl methyl sites for hydroxylation is 2. The molecule has 1 aliphatic heterocycles. The zero-order chi connectivity index (χ0) is 30.6. The monoisotopic (exact) mass is 596 g/mol. The number of rotatable bonds is 18. The van der Waals surface area contributed by atoms with E-state index in [0.717, 1.165) is 66.4 Å². The number of nitrogens with two attached hydrogens (primary N) is 1. The predicted octanol–water partition coefficient (Wildman–Crippen LogP) is 2.83. The lowest BCUT2D eigenvalue weighted by molar-refractivity contribution is -0.198. The van der Waals surface area contributed by atoms with Crippen molar-refractivity contribution in [2.24, 2.45) is 0 Å². The molecule has 1 aliphatic rings. The molecule has 43 heavy (non-hydrogen) atoms. The van der Waals surface area contributed by atoms with Gasteiger partial charge in [-0.2, -0.15) is 0 Å². The molecule has 3 heterocycles. The highest BCUT2D eigenvalue weighted by atomic mass is 16.7. The molecule has 1 saturated heterocycles. The summed E-state index contributed by atoms with van der Waals surface area (Å²) in [7, 11) is 0. The number of anilines is 1.